The Bertz CT molecular complexity index is 501. The highest BCUT2D eigenvalue weighted by atomic mass is 79.9. The third-order valence-electron chi connectivity index (χ3n) is 2.59. The minimum absolute atomic E-state index is 0.728. The highest BCUT2D eigenvalue weighted by molar-refractivity contribution is 9.11. The van der Waals surface area contributed by atoms with Gasteiger partial charge in [0.05, 0.1) is 5.69 Å². The molecule has 0 unspecified atom stereocenters. The number of hydrogen-bond acceptors (Lipinski definition) is 1. The number of anilines is 1. The van der Waals surface area contributed by atoms with Crippen molar-refractivity contribution in [3.63, 3.8) is 0 Å². The Morgan fingerprint density at radius 3 is 1.88 bits per heavy atom. The van der Waals surface area contributed by atoms with Crippen molar-refractivity contribution < 1.29 is 0 Å². The van der Waals surface area contributed by atoms with Crippen LogP contribution in [0.3, 0.4) is 0 Å². The molecule has 4 heteroatoms. The van der Waals surface area contributed by atoms with Crippen LogP contribution in [0.4, 0.5) is 5.69 Å². The summed E-state index contributed by atoms with van der Waals surface area (Å²) in [5.74, 6) is 0. The molecule has 84 valence electrons. The van der Waals surface area contributed by atoms with E-state index in [0.29, 0.717) is 0 Å². The Hall–Kier alpha value is -0.740. The number of nitrogens with zero attached hydrogens (tertiary/aromatic N) is 1. The lowest BCUT2D eigenvalue weighted by Gasteiger charge is -2.12. The zero-order valence-electron chi connectivity index (χ0n) is 9.09. The summed E-state index contributed by atoms with van der Waals surface area (Å²) in [6.45, 7) is 4.18. The molecule has 0 atom stereocenters. The summed E-state index contributed by atoms with van der Waals surface area (Å²) in [5, 5.41) is 0. The van der Waals surface area contributed by atoms with E-state index >= 15 is 0 Å². The molecule has 0 spiro atoms. The molecule has 2 nitrogen and oxygen atoms in total. The monoisotopic (exact) mass is 342 g/mol. The zero-order valence-corrected chi connectivity index (χ0v) is 12.3. The van der Waals surface area contributed by atoms with Crippen molar-refractivity contribution >= 4 is 37.5 Å². The van der Waals surface area contributed by atoms with Gasteiger partial charge < -0.3 is 10.3 Å². The smallest absolute Gasteiger partial charge is 0.0604 e. The number of aryl methyl sites for hydroxylation is 2. The fourth-order valence-corrected chi connectivity index (χ4v) is 2.94. The summed E-state index contributed by atoms with van der Waals surface area (Å²) in [6.07, 6.45) is 0. The fourth-order valence-electron chi connectivity index (χ4n) is 1.78. The van der Waals surface area contributed by atoms with Crippen molar-refractivity contribution in [2.75, 3.05) is 5.73 Å². The summed E-state index contributed by atoms with van der Waals surface area (Å²) >= 11 is 6.93. The third kappa shape index (κ3) is 1.92. The Kier molecular flexibility index (Phi) is 3.13. The molecule has 0 saturated heterocycles. The molecule has 1 aromatic carbocycles. The molecule has 0 aliphatic carbocycles. The average molecular weight is 344 g/mol. The second-order valence-electron chi connectivity index (χ2n) is 3.77. The van der Waals surface area contributed by atoms with Crippen molar-refractivity contribution in [2.45, 2.75) is 13.8 Å². The van der Waals surface area contributed by atoms with E-state index in [0.717, 1.165) is 20.3 Å². The van der Waals surface area contributed by atoms with Crippen molar-refractivity contribution in [1.29, 1.82) is 0 Å². The Morgan fingerprint density at radius 2 is 1.44 bits per heavy atom. The van der Waals surface area contributed by atoms with Crippen molar-refractivity contribution in [1.82, 2.24) is 4.57 Å². The molecule has 2 aromatic rings. The first-order chi connectivity index (χ1) is 7.50. The standard InChI is InChI=1S/C12H12Br2N2/c1-7-3-4-8(2)16(7)9-5-10(13)12(15)11(14)6-9/h3-6H,15H2,1-2H3. The molecular weight excluding hydrogens is 332 g/mol. The van der Waals surface area contributed by atoms with Crippen molar-refractivity contribution in [3.8, 4) is 5.69 Å². The first-order valence-electron chi connectivity index (χ1n) is 4.90. The van der Waals surface area contributed by atoms with Gasteiger partial charge in [0.1, 0.15) is 0 Å². The SMILES string of the molecule is Cc1ccc(C)n1-c1cc(Br)c(N)c(Br)c1. The molecular formula is C12H12Br2N2. The van der Waals surface area contributed by atoms with Crippen molar-refractivity contribution in [2.24, 2.45) is 0 Å². The molecule has 0 saturated carbocycles. The first-order valence-corrected chi connectivity index (χ1v) is 6.49. The van der Waals surface area contributed by atoms with Crippen LogP contribution in [0, 0.1) is 13.8 Å². The molecule has 16 heavy (non-hydrogen) atoms. The summed E-state index contributed by atoms with van der Waals surface area (Å²) in [7, 11) is 0. The number of rotatable bonds is 1. The summed E-state index contributed by atoms with van der Waals surface area (Å²) in [5.41, 5.74) is 10.1. The Balaban J connectivity index is 2.66. The van der Waals surface area contributed by atoms with Gasteiger partial charge in [0.2, 0.25) is 0 Å². The normalized spacial score (nSPS) is 10.8. The summed E-state index contributed by atoms with van der Waals surface area (Å²) in [4.78, 5) is 0. The maximum Gasteiger partial charge on any atom is 0.0604 e. The molecule has 0 radical (unpaired) electrons. The molecule has 1 heterocycles. The summed E-state index contributed by atoms with van der Waals surface area (Å²) < 4.78 is 4.00. The van der Waals surface area contributed by atoms with E-state index < -0.39 is 0 Å². The Labute approximate surface area is 112 Å². The topological polar surface area (TPSA) is 30.9 Å². The predicted molar refractivity (Wildman–Crippen MR) is 75.1 cm³/mol. The molecule has 2 rings (SSSR count). The number of nitrogen functional groups attached to an aromatic ring is 1. The van der Waals surface area contributed by atoms with Gasteiger partial charge in [0, 0.05) is 26.0 Å². The predicted octanol–water partition coefficient (Wildman–Crippen LogP) is 4.20. The lowest BCUT2D eigenvalue weighted by Crippen LogP contribution is -2.00. The second-order valence-corrected chi connectivity index (χ2v) is 5.48. The van der Waals surface area contributed by atoms with E-state index in [9.17, 15) is 0 Å². The second kappa shape index (κ2) is 4.26. The van der Waals surface area contributed by atoms with E-state index in [1.54, 1.807) is 0 Å². The van der Waals surface area contributed by atoms with Gasteiger partial charge in [0.15, 0.2) is 0 Å². The molecule has 2 N–H and O–H groups in total. The third-order valence-corrected chi connectivity index (χ3v) is 3.91. The van der Waals surface area contributed by atoms with Gasteiger partial charge >= 0.3 is 0 Å². The highest BCUT2D eigenvalue weighted by Gasteiger charge is 2.08. The lowest BCUT2D eigenvalue weighted by atomic mass is 10.2. The molecule has 0 aliphatic heterocycles. The number of hydrogen-bond donors (Lipinski definition) is 1. The van der Waals surface area contributed by atoms with E-state index in [4.69, 9.17) is 5.73 Å². The van der Waals surface area contributed by atoms with Gasteiger partial charge in [-0.1, -0.05) is 0 Å². The van der Waals surface area contributed by atoms with Gasteiger partial charge in [-0.15, -0.1) is 0 Å². The summed E-state index contributed by atoms with van der Waals surface area (Å²) in [6, 6.07) is 8.27. The van der Waals surface area contributed by atoms with E-state index in [1.165, 1.54) is 11.4 Å². The zero-order chi connectivity index (χ0) is 11.9. The maximum atomic E-state index is 5.88. The van der Waals surface area contributed by atoms with Crippen LogP contribution in [-0.2, 0) is 0 Å². The van der Waals surface area contributed by atoms with Crippen LogP contribution in [-0.4, -0.2) is 4.57 Å². The van der Waals surface area contributed by atoms with Crippen LogP contribution in [0.1, 0.15) is 11.4 Å². The van der Waals surface area contributed by atoms with Crippen LogP contribution in [0.5, 0.6) is 0 Å². The van der Waals surface area contributed by atoms with Crippen LogP contribution >= 0.6 is 31.9 Å². The molecule has 0 aliphatic rings. The number of nitrogens with two attached hydrogens (primary N) is 1. The van der Waals surface area contributed by atoms with Gasteiger partial charge in [-0.2, -0.15) is 0 Å². The largest absolute Gasteiger partial charge is 0.397 e. The molecule has 0 fully saturated rings. The lowest BCUT2D eigenvalue weighted by molar-refractivity contribution is 0.964. The van der Waals surface area contributed by atoms with Crippen LogP contribution < -0.4 is 5.73 Å². The first kappa shape index (κ1) is 11.7. The average Bonchev–Trinajstić information content (AvgIpc) is 2.54. The fraction of sp³-hybridized carbons (Fsp3) is 0.167. The van der Waals surface area contributed by atoms with Gasteiger partial charge in [-0.25, -0.2) is 0 Å². The van der Waals surface area contributed by atoms with E-state index in [1.807, 2.05) is 12.1 Å². The van der Waals surface area contributed by atoms with Gasteiger partial charge in [-0.05, 0) is 70.0 Å². The number of benzene rings is 1. The Morgan fingerprint density at radius 1 is 1.00 bits per heavy atom. The van der Waals surface area contributed by atoms with E-state index in [2.05, 4.69) is 62.4 Å². The minimum Gasteiger partial charge on any atom is -0.397 e. The van der Waals surface area contributed by atoms with Crippen molar-refractivity contribution in [3.05, 3.63) is 44.6 Å². The van der Waals surface area contributed by atoms with Gasteiger partial charge in [0.25, 0.3) is 0 Å². The van der Waals surface area contributed by atoms with E-state index in [-0.39, 0.29) is 0 Å². The molecule has 1 aromatic heterocycles. The molecule has 0 bridgehead atoms. The minimum atomic E-state index is 0.728. The maximum absolute atomic E-state index is 5.88. The quantitative estimate of drug-likeness (QED) is 0.773. The van der Waals surface area contributed by atoms with Crippen LogP contribution in [0.2, 0.25) is 0 Å². The highest BCUT2D eigenvalue weighted by Crippen LogP contribution is 2.32. The van der Waals surface area contributed by atoms with Crippen LogP contribution in [0.25, 0.3) is 5.69 Å². The number of halogens is 2. The molecule has 0 amide bonds. The van der Waals surface area contributed by atoms with Gasteiger partial charge in [-0.3, -0.25) is 0 Å². The number of aromatic nitrogens is 1. The van der Waals surface area contributed by atoms with Crippen LogP contribution in [0.15, 0.2) is 33.2 Å².